The standard InChI is InChI=1S/C22H24ClN3O3S/c1-3-29-16-7-8-18-20(12-16)30-22(25-18)26-10-4-5-14(13-26)21(27)24-15-6-9-19(28-2)17(23)11-15/h6-9,11-12,14H,3-5,10,13H2,1-2H3,(H,24,27)/t14-/m0/s1. The Hall–Kier alpha value is -2.51. The van der Waals surface area contributed by atoms with E-state index in [9.17, 15) is 4.79 Å². The maximum absolute atomic E-state index is 12.9. The summed E-state index contributed by atoms with van der Waals surface area (Å²) in [6.45, 7) is 4.16. The average molecular weight is 446 g/mol. The number of rotatable bonds is 6. The second-order valence-corrected chi connectivity index (χ2v) is 8.60. The fourth-order valence-corrected chi connectivity index (χ4v) is 4.92. The zero-order valence-electron chi connectivity index (χ0n) is 17.0. The van der Waals surface area contributed by atoms with E-state index in [0.29, 0.717) is 29.6 Å². The number of thiazole rings is 1. The predicted octanol–water partition coefficient (Wildman–Crippen LogP) is 5.21. The normalized spacial score (nSPS) is 16.5. The van der Waals surface area contributed by atoms with Gasteiger partial charge in [-0.15, -0.1) is 0 Å². The van der Waals surface area contributed by atoms with E-state index in [1.807, 2.05) is 25.1 Å². The number of halogens is 1. The molecule has 0 saturated carbocycles. The number of carbonyl (C=O) groups excluding carboxylic acids is 1. The zero-order chi connectivity index (χ0) is 21.1. The summed E-state index contributed by atoms with van der Waals surface area (Å²) in [6.07, 6.45) is 1.80. The SMILES string of the molecule is CCOc1ccc2nc(N3CCC[C@H](C(=O)Nc4ccc(OC)c(Cl)c4)C3)sc2c1. The molecule has 1 aliphatic heterocycles. The highest BCUT2D eigenvalue weighted by Gasteiger charge is 2.27. The van der Waals surface area contributed by atoms with E-state index in [4.69, 9.17) is 26.1 Å². The van der Waals surface area contributed by atoms with E-state index >= 15 is 0 Å². The van der Waals surface area contributed by atoms with Gasteiger partial charge >= 0.3 is 0 Å². The second kappa shape index (κ2) is 9.10. The summed E-state index contributed by atoms with van der Waals surface area (Å²) >= 11 is 7.81. The molecule has 2 heterocycles. The Bertz CT molecular complexity index is 1060. The molecule has 1 saturated heterocycles. The van der Waals surface area contributed by atoms with Crippen LogP contribution in [-0.4, -0.2) is 37.7 Å². The Balaban J connectivity index is 1.45. The van der Waals surface area contributed by atoms with Crippen LogP contribution < -0.4 is 19.7 Å². The van der Waals surface area contributed by atoms with Crippen LogP contribution in [0.25, 0.3) is 10.2 Å². The lowest BCUT2D eigenvalue weighted by molar-refractivity contribution is -0.120. The van der Waals surface area contributed by atoms with E-state index in [1.54, 1.807) is 36.6 Å². The predicted molar refractivity (Wildman–Crippen MR) is 122 cm³/mol. The van der Waals surface area contributed by atoms with Gasteiger partial charge in [0.05, 0.1) is 34.9 Å². The van der Waals surface area contributed by atoms with Crippen molar-refractivity contribution in [2.75, 3.05) is 37.0 Å². The average Bonchev–Trinajstić information content (AvgIpc) is 3.18. The highest BCUT2D eigenvalue weighted by molar-refractivity contribution is 7.22. The van der Waals surface area contributed by atoms with Crippen molar-refractivity contribution in [1.29, 1.82) is 0 Å². The van der Waals surface area contributed by atoms with Crippen LogP contribution in [0.3, 0.4) is 0 Å². The van der Waals surface area contributed by atoms with Crippen molar-refractivity contribution >= 4 is 49.9 Å². The second-order valence-electron chi connectivity index (χ2n) is 7.18. The van der Waals surface area contributed by atoms with Gasteiger partial charge in [-0.05, 0) is 56.2 Å². The first-order chi connectivity index (χ1) is 14.6. The van der Waals surface area contributed by atoms with E-state index in [1.165, 1.54) is 0 Å². The first kappa shape index (κ1) is 20.8. The summed E-state index contributed by atoms with van der Waals surface area (Å²) in [5.41, 5.74) is 1.63. The summed E-state index contributed by atoms with van der Waals surface area (Å²) in [7, 11) is 1.57. The lowest BCUT2D eigenvalue weighted by Crippen LogP contribution is -2.40. The van der Waals surface area contributed by atoms with Crippen LogP contribution in [0.2, 0.25) is 5.02 Å². The van der Waals surface area contributed by atoms with Gasteiger partial charge < -0.3 is 19.7 Å². The molecule has 1 aliphatic rings. The van der Waals surface area contributed by atoms with Crippen molar-refractivity contribution in [1.82, 2.24) is 4.98 Å². The lowest BCUT2D eigenvalue weighted by atomic mass is 9.97. The fraction of sp³-hybridized carbons (Fsp3) is 0.364. The van der Waals surface area contributed by atoms with E-state index < -0.39 is 0 Å². The van der Waals surface area contributed by atoms with E-state index in [2.05, 4.69) is 10.2 Å². The number of hydrogen-bond acceptors (Lipinski definition) is 6. The Kier molecular flexibility index (Phi) is 6.29. The summed E-state index contributed by atoms with van der Waals surface area (Å²) in [4.78, 5) is 19.8. The van der Waals surface area contributed by atoms with E-state index in [-0.39, 0.29) is 11.8 Å². The molecule has 0 spiro atoms. The molecule has 1 aromatic heterocycles. The number of amides is 1. The first-order valence-corrected chi connectivity index (χ1v) is 11.2. The summed E-state index contributed by atoms with van der Waals surface area (Å²) < 4.78 is 11.8. The number of nitrogens with one attached hydrogen (secondary N) is 1. The zero-order valence-corrected chi connectivity index (χ0v) is 18.6. The van der Waals surface area contributed by atoms with Gasteiger partial charge in [0.25, 0.3) is 0 Å². The number of aromatic nitrogens is 1. The molecule has 1 N–H and O–H groups in total. The van der Waals surface area contributed by atoms with Crippen LogP contribution in [0, 0.1) is 5.92 Å². The van der Waals surface area contributed by atoms with Gasteiger partial charge in [-0.25, -0.2) is 4.98 Å². The topological polar surface area (TPSA) is 63.7 Å². The van der Waals surface area contributed by atoms with Gasteiger partial charge in [0, 0.05) is 18.8 Å². The maximum Gasteiger partial charge on any atom is 0.229 e. The van der Waals surface area contributed by atoms with Gasteiger partial charge in [-0.2, -0.15) is 0 Å². The van der Waals surface area contributed by atoms with Crippen molar-refractivity contribution in [2.24, 2.45) is 5.92 Å². The number of ether oxygens (including phenoxy) is 2. The Morgan fingerprint density at radius 3 is 2.97 bits per heavy atom. The van der Waals surface area contributed by atoms with Gasteiger partial charge in [-0.3, -0.25) is 4.79 Å². The van der Waals surface area contributed by atoms with Gasteiger partial charge in [-0.1, -0.05) is 22.9 Å². The number of carbonyl (C=O) groups is 1. The minimum atomic E-state index is -0.106. The monoisotopic (exact) mass is 445 g/mol. The lowest BCUT2D eigenvalue weighted by Gasteiger charge is -2.31. The molecule has 0 radical (unpaired) electrons. The van der Waals surface area contributed by atoms with Crippen molar-refractivity contribution in [3.63, 3.8) is 0 Å². The van der Waals surface area contributed by atoms with Crippen LogP contribution in [0.1, 0.15) is 19.8 Å². The molecule has 2 aromatic carbocycles. The fourth-order valence-electron chi connectivity index (χ4n) is 3.64. The molecular formula is C22H24ClN3O3S. The van der Waals surface area contributed by atoms with Crippen molar-refractivity contribution in [3.8, 4) is 11.5 Å². The smallest absolute Gasteiger partial charge is 0.229 e. The Morgan fingerprint density at radius 1 is 1.33 bits per heavy atom. The molecule has 0 unspecified atom stereocenters. The Labute approximate surface area is 184 Å². The molecule has 0 bridgehead atoms. The third-order valence-corrected chi connectivity index (χ3v) is 6.52. The quantitative estimate of drug-likeness (QED) is 0.564. The van der Waals surface area contributed by atoms with Crippen molar-refractivity contribution in [3.05, 3.63) is 41.4 Å². The van der Waals surface area contributed by atoms with Crippen LogP contribution in [0.5, 0.6) is 11.5 Å². The van der Waals surface area contributed by atoms with Crippen LogP contribution in [0.4, 0.5) is 10.8 Å². The number of benzene rings is 2. The maximum atomic E-state index is 12.9. The molecule has 3 aromatic rings. The highest BCUT2D eigenvalue weighted by Crippen LogP contribution is 2.34. The molecule has 8 heteroatoms. The minimum Gasteiger partial charge on any atom is -0.495 e. The Morgan fingerprint density at radius 2 is 2.20 bits per heavy atom. The number of nitrogens with zero attached hydrogens (tertiary/aromatic N) is 2. The van der Waals surface area contributed by atoms with Gasteiger partial charge in [0.15, 0.2) is 5.13 Å². The molecule has 1 amide bonds. The summed E-state index contributed by atoms with van der Waals surface area (Å²) in [5, 5.41) is 4.41. The van der Waals surface area contributed by atoms with Crippen LogP contribution in [-0.2, 0) is 4.79 Å². The third kappa shape index (κ3) is 4.47. The van der Waals surface area contributed by atoms with E-state index in [0.717, 1.165) is 40.5 Å². The van der Waals surface area contributed by atoms with Crippen LogP contribution >= 0.6 is 22.9 Å². The molecule has 0 aliphatic carbocycles. The molecule has 4 rings (SSSR count). The molecule has 1 atom stereocenters. The molecule has 30 heavy (non-hydrogen) atoms. The van der Waals surface area contributed by atoms with Crippen molar-refractivity contribution < 1.29 is 14.3 Å². The molecule has 158 valence electrons. The molecule has 1 fully saturated rings. The summed E-state index contributed by atoms with van der Waals surface area (Å²) in [6, 6.07) is 11.2. The first-order valence-electron chi connectivity index (χ1n) is 10.00. The number of hydrogen-bond donors (Lipinski definition) is 1. The number of piperidine rings is 1. The minimum absolute atomic E-state index is 0.000627. The van der Waals surface area contributed by atoms with Gasteiger partial charge in [0.2, 0.25) is 5.91 Å². The molecule has 6 nitrogen and oxygen atoms in total. The number of anilines is 2. The number of fused-ring (bicyclic) bond motifs is 1. The van der Waals surface area contributed by atoms with Crippen LogP contribution in [0.15, 0.2) is 36.4 Å². The largest absolute Gasteiger partial charge is 0.495 e. The highest BCUT2D eigenvalue weighted by atomic mass is 35.5. The summed E-state index contributed by atoms with van der Waals surface area (Å²) in [5.74, 6) is 1.34. The number of methoxy groups -OCH3 is 1. The third-order valence-electron chi connectivity index (χ3n) is 5.14. The molecular weight excluding hydrogens is 422 g/mol. The van der Waals surface area contributed by atoms with Gasteiger partial charge in [0.1, 0.15) is 11.5 Å². The van der Waals surface area contributed by atoms with Crippen molar-refractivity contribution in [2.45, 2.75) is 19.8 Å².